The van der Waals surface area contributed by atoms with Crippen molar-refractivity contribution < 1.29 is 18.4 Å². The van der Waals surface area contributed by atoms with Gasteiger partial charge in [-0.25, -0.2) is 0 Å². The predicted molar refractivity (Wildman–Crippen MR) is 52.2 cm³/mol. The number of nitro benzene ring substituents is 1. The van der Waals surface area contributed by atoms with Gasteiger partial charge in [-0.2, -0.15) is 8.78 Å². The summed E-state index contributed by atoms with van der Waals surface area (Å²) in [7, 11) is 0. The summed E-state index contributed by atoms with van der Waals surface area (Å²) in [5.74, 6) is -0.239. The topological polar surface area (TPSA) is 52.4 Å². The molecule has 0 aliphatic carbocycles. The van der Waals surface area contributed by atoms with E-state index in [4.69, 9.17) is 0 Å². The SMILES string of the molecule is Cc1cc([N+](=O)[O-])cc(OC(F)F)c1Br. The van der Waals surface area contributed by atoms with Gasteiger partial charge in [0.05, 0.1) is 15.5 Å². The minimum atomic E-state index is -3.01. The lowest BCUT2D eigenvalue weighted by Gasteiger charge is -2.08. The molecule has 0 fully saturated rings. The van der Waals surface area contributed by atoms with Crippen LogP contribution in [0.25, 0.3) is 0 Å². The Morgan fingerprint density at radius 2 is 2.13 bits per heavy atom. The largest absolute Gasteiger partial charge is 0.433 e. The molecule has 0 N–H and O–H groups in total. The van der Waals surface area contributed by atoms with Crippen molar-refractivity contribution in [3.63, 3.8) is 0 Å². The number of ether oxygens (including phenoxy) is 1. The van der Waals surface area contributed by atoms with E-state index in [0.29, 0.717) is 5.56 Å². The molecule has 0 saturated carbocycles. The second kappa shape index (κ2) is 4.52. The number of benzene rings is 1. The molecule has 0 bridgehead atoms. The number of non-ortho nitro benzene ring substituents is 1. The third kappa shape index (κ3) is 2.85. The van der Waals surface area contributed by atoms with Crippen LogP contribution in [0.5, 0.6) is 5.75 Å². The molecular weight excluding hydrogens is 276 g/mol. The summed E-state index contributed by atoms with van der Waals surface area (Å²) >= 11 is 3.01. The van der Waals surface area contributed by atoms with Crippen molar-refractivity contribution >= 4 is 21.6 Å². The summed E-state index contributed by atoms with van der Waals surface area (Å²) < 4.78 is 28.3. The third-order valence-electron chi connectivity index (χ3n) is 1.63. The molecule has 15 heavy (non-hydrogen) atoms. The third-order valence-corrected chi connectivity index (χ3v) is 2.65. The minimum absolute atomic E-state index is 0.239. The van der Waals surface area contributed by atoms with Crippen LogP contribution in [0.4, 0.5) is 14.5 Å². The highest BCUT2D eigenvalue weighted by molar-refractivity contribution is 9.10. The van der Waals surface area contributed by atoms with Crippen LogP contribution in [0, 0.1) is 17.0 Å². The smallest absolute Gasteiger partial charge is 0.387 e. The first-order chi connectivity index (χ1) is 6.91. The maximum Gasteiger partial charge on any atom is 0.387 e. The first-order valence-electron chi connectivity index (χ1n) is 3.81. The number of aryl methyl sites for hydroxylation is 1. The number of alkyl halides is 2. The fourth-order valence-corrected chi connectivity index (χ4v) is 1.33. The van der Waals surface area contributed by atoms with Crippen LogP contribution in [0.15, 0.2) is 16.6 Å². The normalized spacial score (nSPS) is 10.5. The molecule has 0 amide bonds. The van der Waals surface area contributed by atoms with Crippen LogP contribution in [0.3, 0.4) is 0 Å². The maximum absolute atomic E-state index is 12.0. The predicted octanol–water partition coefficient (Wildman–Crippen LogP) is 3.27. The van der Waals surface area contributed by atoms with Gasteiger partial charge in [-0.1, -0.05) is 0 Å². The number of nitrogens with zero attached hydrogens (tertiary/aromatic N) is 1. The van der Waals surface area contributed by atoms with Gasteiger partial charge < -0.3 is 4.74 Å². The molecule has 82 valence electrons. The van der Waals surface area contributed by atoms with E-state index >= 15 is 0 Å². The van der Waals surface area contributed by atoms with Gasteiger partial charge in [-0.05, 0) is 28.4 Å². The first-order valence-corrected chi connectivity index (χ1v) is 4.60. The van der Waals surface area contributed by atoms with Gasteiger partial charge in [0, 0.05) is 6.07 Å². The molecule has 0 radical (unpaired) electrons. The van der Waals surface area contributed by atoms with E-state index in [0.717, 1.165) is 6.07 Å². The molecule has 0 aliphatic heterocycles. The highest BCUT2D eigenvalue weighted by atomic mass is 79.9. The average molecular weight is 282 g/mol. The standard InChI is InChI=1S/C8H6BrF2NO3/c1-4-2-5(12(13)14)3-6(7(4)9)15-8(10)11/h2-3,8H,1H3. The molecule has 1 aromatic rings. The molecule has 0 unspecified atom stereocenters. The Morgan fingerprint density at radius 1 is 1.53 bits per heavy atom. The molecule has 0 aliphatic rings. The van der Waals surface area contributed by atoms with Crippen molar-refractivity contribution in [3.8, 4) is 5.75 Å². The van der Waals surface area contributed by atoms with Gasteiger partial charge in [0.25, 0.3) is 5.69 Å². The molecule has 0 heterocycles. The number of nitro groups is 1. The number of halogens is 3. The fourth-order valence-electron chi connectivity index (χ4n) is 1.01. The zero-order valence-corrected chi connectivity index (χ0v) is 9.12. The molecule has 0 aromatic heterocycles. The van der Waals surface area contributed by atoms with Crippen molar-refractivity contribution in [2.24, 2.45) is 0 Å². The summed E-state index contributed by atoms with van der Waals surface area (Å²) in [5.41, 5.74) is 0.172. The molecule has 0 atom stereocenters. The first kappa shape index (κ1) is 11.8. The van der Waals surface area contributed by atoms with Gasteiger partial charge >= 0.3 is 6.61 Å². The van der Waals surface area contributed by atoms with Crippen LogP contribution < -0.4 is 4.74 Å². The average Bonchev–Trinajstić information content (AvgIpc) is 2.11. The summed E-state index contributed by atoms with van der Waals surface area (Å²) in [6.07, 6.45) is 0. The Kier molecular flexibility index (Phi) is 3.57. The Bertz CT molecular complexity index is 398. The fraction of sp³-hybridized carbons (Fsp3) is 0.250. The number of rotatable bonds is 3. The molecular formula is C8H6BrF2NO3. The van der Waals surface area contributed by atoms with Crippen molar-refractivity contribution in [3.05, 3.63) is 32.3 Å². The van der Waals surface area contributed by atoms with Crippen LogP contribution in [0.1, 0.15) is 5.56 Å². The van der Waals surface area contributed by atoms with Gasteiger partial charge in [-0.3, -0.25) is 10.1 Å². The van der Waals surface area contributed by atoms with Crippen molar-refractivity contribution in [2.45, 2.75) is 13.5 Å². The van der Waals surface area contributed by atoms with Crippen molar-refractivity contribution in [1.82, 2.24) is 0 Å². The molecule has 0 spiro atoms. The van der Waals surface area contributed by atoms with E-state index in [2.05, 4.69) is 20.7 Å². The molecule has 1 rings (SSSR count). The van der Waals surface area contributed by atoms with Crippen LogP contribution in [-0.2, 0) is 0 Å². The lowest BCUT2D eigenvalue weighted by atomic mass is 10.2. The van der Waals surface area contributed by atoms with Gasteiger partial charge in [0.2, 0.25) is 0 Å². The Morgan fingerprint density at radius 3 is 2.60 bits per heavy atom. The number of hydrogen-bond acceptors (Lipinski definition) is 3. The van der Waals surface area contributed by atoms with Crippen LogP contribution in [-0.4, -0.2) is 11.5 Å². The Balaban J connectivity index is 3.19. The second-order valence-electron chi connectivity index (χ2n) is 2.71. The number of hydrogen-bond donors (Lipinski definition) is 0. The van der Waals surface area contributed by atoms with Crippen LogP contribution in [0.2, 0.25) is 0 Å². The lowest BCUT2D eigenvalue weighted by Crippen LogP contribution is -2.03. The van der Waals surface area contributed by atoms with E-state index in [-0.39, 0.29) is 15.9 Å². The van der Waals surface area contributed by atoms with Crippen LogP contribution >= 0.6 is 15.9 Å². The Labute approximate surface area is 92.1 Å². The summed E-state index contributed by atoms with van der Waals surface area (Å²) in [5, 5.41) is 10.4. The van der Waals surface area contributed by atoms with Gasteiger partial charge in [-0.15, -0.1) is 0 Å². The zero-order chi connectivity index (χ0) is 11.6. The lowest BCUT2D eigenvalue weighted by molar-refractivity contribution is -0.385. The summed E-state index contributed by atoms with van der Waals surface area (Å²) in [6.45, 7) is -1.46. The summed E-state index contributed by atoms with van der Waals surface area (Å²) in [4.78, 5) is 9.78. The van der Waals surface area contributed by atoms with E-state index in [1.54, 1.807) is 6.92 Å². The van der Waals surface area contributed by atoms with Crippen molar-refractivity contribution in [1.29, 1.82) is 0 Å². The van der Waals surface area contributed by atoms with E-state index < -0.39 is 11.5 Å². The van der Waals surface area contributed by atoms with Gasteiger partial charge in [0.15, 0.2) is 0 Å². The molecule has 0 saturated heterocycles. The molecule has 1 aromatic carbocycles. The highest BCUT2D eigenvalue weighted by Gasteiger charge is 2.16. The molecule has 7 heteroatoms. The quantitative estimate of drug-likeness (QED) is 0.631. The van der Waals surface area contributed by atoms with E-state index in [1.807, 2.05) is 0 Å². The maximum atomic E-state index is 12.0. The van der Waals surface area contributed by atoms with Gasteiger partial charge in [0.1, 0.15) is 5.75 Å². The van der Waals surface area contributed by atoms with E-state index in [9.17, 15) is 18.9 Å². The molecule has 4 nitrogen and oxygen atoms in total. The van der Waals surface area contributed by atoms with E-state index in [1.165, 1.54) is 6.07 Å². The Hall–Kier alpha value is -1.24. The van der Waals surface area contributed by atoms with Crippen molar-refractivity contribution in [2.75, 3.05) is 0 Å². The highest BCUT2D eigenvalue weighted by Crippen LogP contribution is 2.33. The monoisotopic (exact) mass is 281 g/mol. The minimum Gasteiger partial charge on any atom is -0.433 e. The zero-order valence-electron chi connectivity index (χ0n) is 7.54. The second-order valence-corrected chi connectivity index (χ2v) is 3.50. The summed E-state index contributed by atoms with van der Waals surface area (Å²) in [6, 6.07) is 2.21.